The molecule has 2 amide bonds. The standard InChI is InChI=1S/C19H22N2O3/c1-12(2)14-5-7-15(8-6-14)21-19(23)17-11-16(20-13(3)22)9-10-18(17)24-4/h5-12H,1-4H3,(H,20,22)(H,21,23). The van der Waals surface area contributed by atoms with Gasteiger partial charge in [-0.15, -0.1) is 0 Å². The van der Waals surface area contributed by atoms with Crippen LogP contribution in [-0.4, -0.2) is 18.9 Å². The highest BCUT2D eigenvalue weighted by atomic mass is 16.5. The van der Waals surface area contributed by atoms with Crippen molar-refractivity contribution in [2.24, 2.45) is 0 Å². The molecule has 0 aromatic heterocycles. The monoisotopic (exact) mass is 326 g/mol. The molecule has 5 nitrogen and oxygen atoms in total. The summed E-state index contributed by atoms with van der Waals surface area (Å²) in [4.78, 5) is 23.7. The van der Waals surface area contributed by atoms with Crippen LogP contribution in [0.25, 0.3) is 0 Å². The summed E-state index contributed by atoms with van der Waals surface area (Å²) in [6, 6.07) is 12.7. The van der Waals surface area contributed by atoms with Crippen LogP contribution in [0, 0.1) is 0 Å². The molecule has 0 saturated heterocycles. The van der Waals surface area contributed by atoms with Gasteiger partial charge in [0.05, 0.1) is 12.7 Å². The van der Waals surface area contributed by atoms with Gasteiger partial charge in [0.1, 0.15) is 5.75 Å². The predicted octanol–water partition coefficient (Wildman–Crippen LogP) is 4.03. The van der Waals surface area contributed by atoms with Crippen molar-refractivity contribution in [2.75, 3.05) is 17.7 Å². The Hall–Kier alpha value is -2.82. The van der Waals surface area contributed by atoms with E-state index in [0.717, 1.165) is 0 Å². The van der Waals surface area contributed by atoms with Crippen LogP contribution in [0.3, 0.4) is 0 Å². The lowest BCUT2D eigenvalue weighted by molar-refractivity contribution is -0.114. The van der Waals surface area contributed by atoms with Gasteiger partial charge in [-0.3, -0.25) is 9.59 Å². The van der Waals surface area contributed by atoms with Crippen LogP contribution in [0.4, 0.5) is 11.4 Å². The number of hydrogen-bond acceptors (Lipinski definition) is 3. The van der Waals surface area contributed by atoms with Crippen LogP contribution < -0.4 is 15.4 Å². The van der Waals surface area contributed by atoms with Crippen LogP contribution >= 0.6 is 0 Å². The third kappa shape index (κ3) is 4.35. The molecular weight excluding hydrogens is 304 g/mol. The summed E-state index contributed by atoms with van der Waals surface area (Å²) in [6.45, 7) is 5.65. The molecule has 0 aliphatic rings. The molecular formula is C19H22N2O3. The van der Waals surface area contributed by atoms with Crippen molar-refractivity contribution >= 4 is 23.2 Å². The molecule has 2 aromatic carbocycles. The fourth-order valence-electron chi connectivity index (χ4n) is 2.32. The molecule has 2 aromatic rings. The zero-order valence-corrected chi connectivity index (χ0v) is 14.3. The number of nitrogens with one attached hydrogen (secondary N) is 2. The van der Waals surface area contributed by atoms with Crippen molar-refractivity contribution in [1.82, 2.24) is 0 Å². The summed E-state index contributed by atoms with van der Waals surface area (Å²) in [5.74, 6) is 0.386. The summed E-state index contributed by atoms with van der Waals surface area (Å²) in [7, 11) is 1.50. The van der Waals surface area contributed by atoms with Crippen LogP contribution in [-0.2, 0) is 4.79 Å². The largest absolute Gasteiger partial charge is 0.496 e. The van der Waals surface area contributed by atoms with E-state index < -0.39 is 0 Å². The molecule has 5 heteroatoms. The first-order valence-electron chi connectivity index (χ1n) is 7.77. The summed E-state index contributed by atoms with van der Waals surface area (Å²) in [5.41, 5.74) is 2.81. The average molecular weight is 326 g/mol. The van der Waals surface area contributed by atoms with Crippen molar-refractivity contribution in [2.45, 2.75) is 26.7 Å². The number of methoxy groups -OCH3 is 1. The third-order valence-corrected chi connectivity index (χ3v) is 3.60. The molecule has 2 N–H and O–H groups in total. The normalized spacial score (nSPS) is 10.4. The van der Waals surface area contributed by atoms with Crippen molar-refractivity contribution in [3.05, 3.63) is 53.6 Å². The quantitative estimate of drug-likeness (QED) is 0.871. The minimum absolute atomic E-state index is 0.198. The van der Waals surface area contributed by atoms with Crippen molar-refractivity contribution in [3.63, 3.8) is 0 Å². The van der Waals surface area contributed by atoms with Crippen molar-refractivity contribution < 1.29 is 14.3 Å². The molecule has 0 atom stereocenters. The highest BCUT2D eigenvalue weighted by molar-refractivity contribution is 6.07. The number of carbonyl (C=O) groups excluding carboxylic acids is 2. The Morgan fingerprint density at radius 2 is 1.58 bits per heavy atom. The van der Waals surface area contributed by atoms with Crippen molar-refractivity contribution in [1.29, 1.82) is 0 Å². The minimum Gasteiger partial charge on any atom is -0.496 e. The second-order valence-electron chi connectivity index (χ2n) is 5.83. The smallest absolute Gasteiger partial charge is 0.259 e. The highest BCUT2D eigenvalue weighted by Crippen LogP contribution is 2.24. The molecule has 0 aliphatic carbocycles. The van der Waals surface area contributed by atoms with E-state index >= 15 is 0 Å². The topological polar surface area (TPSA) is 67.4 Å². The molecule has 0 spiro atoms. The number of carbonyl (C=O) groups is 2. The van der Waals surface area contributed by atoms with E-state index in [1.54, 1.807) is 18.2 Å². The van der Waals surface area contributed by atoms with Gasteiger partial charge in [0.2, 0.25) is 5.91 Å². The van der Waals surface area contributed by atoms with E-state index in [1.807, 2.05) is 24.3 Å². The first kappa shape index (κ1) is 17.5. The lowest BCUT2D eigenvalue weighted by Gasteiger charge is -2.12. The Morgan fingerprint density at radius 3 is 2.12 bits per heavy atom. The molecule has 24 heavy (non-hydrogen) atoms. The van der Waals surface area contributed by atoms with Crippen LogP contribution in [0.5, 0.6) is 5.75 Å². The molecule has 0 unspecified atom stereocenters. The number of anilines is 2. The Labute approximate surface area is 142 Å². The SMILES string of the molecule is COc1ccc(NC(C)=O)cc1C(=O)Nc1ccc(C(C)C)cc1. The predicted molar refractivity (Wildman–Crippen MR) is 95.8 cm³/mol. The first-order valence-corrected chi connectivity index (χ1v) is 7.77. The van der Waals surface area contributed by atoms with Gasteiger partial charge < -0.3 is 15.4 Å². The third-order valence-electron chi connectivity index (χ3n) is 3.60. The van der Waals surface area contributed by atoms with Gasteiger partial charge in [-0.2, -0.15) is 0 Å². The summed E-state index contributed by atoms with van der Waals surface area (Å²) in [5, 5.41) is 5.51. The Morgan fingerprint density at radius 1 is 0.958 bits per heavy atom. The van der Waals surface area contributed by atoms with Crippen molar-refractivity contribution in [3.8, 4) is 5.75 Å². The fourth-order valence-corrected chi connectivity index (χ4v) is 2.32. The minimum atomic E-state index is -0.295. The van der Waals surface area contributed by atoms with Gasteiger partial charge in [-0.05, 0) is 41.8 Å². The Balaban J connectivity index is 2.22. The van der Waals surface area contributed by atoms with Crippen LogP contribution in [0.15, 0.2) is 42.5 Å². The second-order valence-corrected chi connectivity index (χ2v) is 5.83. The molecule has 0 fully saturated rings. The Bertz CT molecular complexity index is 737. The number of amides is 2. The number of rotatable bonds is 5. The molecule has 0 aliphatic heterocycles. The number of hydrogen-bond donors (Lipinski definition) is 2. The average Bonchev–Trinajstić information content (AvgIpc) is 2.54. The van der Waals surface area contributed by atoms with Gasteiger partial charge in [-0.1, -0.05) is 26.0 Å². The molecule has 0 heterocycles. The van der Waals surface area contributed by atoms with E-state index in [1.165, 1.54) is 19.6 Å². The van der Waals surface area contributed by atoms with Gasteiger partial charge in [0.15, 0.2) is 0 Å². The van der Waals surface area contributed by atoms with E-state index in [4.69, 9.17) is 4.74 Å². The second kappa shape index (κ2) is 7.64. The van der Waals surface area contributed by atoms with Gasteiger partial charge in [-0.25, -0.2) is 0 Å². The highest BCUT2D eigenvalue weighted by Gasteiger charge is 2.14. The molecule has 2 rings (SSSR count). The molecule has 0 bridgehead atoms. The van der Waals surface area contributed by atoms with E-state index in [0.29, 0.717) is 28.6 Å². The zero-order chi connectivity index (χ0) is 17.7. The van der Waals surface area contributed by atoms with E-state index in [-0.39, 0.29) is 11.8 Å². The number of ether oxygens (including phenoxy) is 1. The maximum atomic E-state index is 12.5. The molecule has 0 radical (unpaired) electrons. The fraction of sp³-hybridized carbons (Fsp3) is 0.263. The molecule has 0 saturated carbocycles. The van der Waals surface area contributed by atoms with Gasteiger partial charge >= 0.3 is 0 Å². The van der Waals surface area contributed by atoms with Crippen LogP contribution in [0.1, 0.15) is 42.6 Å². The number of benzene rings is 2. The van der Waals surface area contributed by atoms with Gasteiger partial charge in [0, 0.05) is 18.3 Å². The lowest BCUT2D eigenvalue weighted by Crippen LogP contribution is -2.14. The Kier molecular flexibility index (Phi) is 5.58. The summed E-state index contributed by atoms with van der Waals surface area (Å²) in [6.07, 6.45) is 0. The van der Waals surface area contributed by atoms with E-state index in [2.05, 4.69) is 24.5 Å². The van der Waals surface area contributed by atoms with Gasteiger partial charge in [0.25, 0.3) is 5.91 Å². The maximum Gasteiger partial charge on any atom is 0.259 e. The van der Waals surface area contributed by atoms with Crippen LogP contribution in [0.2, 0.25) is 0 Å². The lowest BCUT2D eigenvalue weighted by atomic mass is 10.0. The molecule has 126 valence electrons. The summed E-state index contributed by atoms with van der Waals surface area (Å²) < 4.78 is 5.24. The zero-order valence-electron chi connectivity index (χ0n) is 14.3. The maximum absolute atomic E-state index is 12.5. The first-order chi connectivity index (χ1) is 11.4. The van der Waals surface area contributed by atoms with E-state index in [9.17, 15) is 9.59 Å². The summed E-state index contributed by atoms with van der Waals surface area (Å²) >= 11 is 0.